The predicted octanol–water partition coefficient (Wildman–Crippen LogP) is 5.89. The van der Waals surface area contributed by atoms with Gasteiger partial charge >= 0.3 is 0 Å². The fourth-order valence-electron chi connectivity index (χ4n) is 2.94. The number of thiophene rings is 1. The molecule has 26 heavy (non-hydrogen) atoms. The van der Waals surface area contributed by atoms with Gasteiger partial charge in [-0.25, -0.2) is 0 Å². The number of benzene rings is 1. The van der Waals surface area contributed by atoms with Gasteiger partial charge in [-0.15, -0.1) is 11.3 Å². The van der Waals surface area contributed by atoms with Crippen LogP contribution in [-0.4, -0.2) is 10.8 Å². The Morgan fingerprint density at radius 3 is 2.73 bits per heavy atom. The van der Waals surface area contributed by atoms with Crippen LogP contribution in [0.3, 0.4) is 0 Å². The smallest absolute Gasteiger partial charge is 0.290 e. The fourth-order valence-corrected chi connectivity index (χ4v) is 3.87. The Hall–Kier alpha value is -2.50. The van der Waals surface area contributed by atoms with Gasteiger partial charge in [-0.3, -0.25) is 4.79 Å². The van der Waals surface area contributed by atoms with E-state index in [1.54, 1.807) is 28.6 Å². The molecule has 0 fully saturated rings. The normalized spacial score (nSPS) is 11.2. The molecule has 0 aliphatic rings. The van der Waals surface area contributed by atoms with E-state index in [1.165, 1.54) is 0 Å². The highest BCUT2D eigenvalue weighted by Gasteiger charge is 2.25. The maximum atomic E-state index is 13.3. The largest absolute Gasteiger partial charge is 0.467 e. The summed E-state index contributed by atoms with van der Waals surface area (Å²) < 4.78 is 11.3. The Labute approximate surface area is 159 Å². The number of furan rings is 2. The lowest BCUT2D eigenvalue weighted by Gasteiger charge is -2.20. The summed E-state index contributed by atoms with van der Waals surface area (Å²) in [6.45, 7) is 2.74. The summed E-state index contributed by atoms with van der Waals surface area (Å²) in [5.41, 5.74) is 1.34. The van der Waals surface area contributed by atoms with Gasteiger partial charge in [-0.1, -0.05) is 29.8 Å². The maximum Gasteiger partial charge on any atom is 0.290 e. The number of aryl methyl sites for hydroxylation is 1. The third-order valence-electron chi connectivity index (χ3n) is 4.25. The molecule has 0 atom stereocenters. The van der Waals surface area contributed by atoms with Gasteiger partial charge in [0.25, 0.3) is 5.91 Å². The Morgan fingerprint density at radius 1 is 1.15 bits per heavy atom. The highest BCUT2D eigenvalue weighted by Crippen LogP contribution is 2.32. The third kappa shape index (κ3) is 3.16. The first-order valence-electron chi connectivity index (χ1n) is 8.15. The third-order valence-corrected chi connectivity index (χ3v) is 5.41. The molecule has 132 valence electrons. The van der Waals surface area contributed by atoms with Crippen molar-refractivity contribution in [3.8, 4) is 0 Å². The first kappa shape index (κ1) is 16.9. The molecular formula is C20H16ClNO3S. The van der Waals surface area contributed by atoms with Gasteiger partial charge in [-0.2, -0.15) is 0 Å². The van der Waals surface area contributed by atoms with Crippen molar-refractivity contribution < 1.29 is 13.6 Å². The highest BCUT2D eigenvalue weighted by molar-refractivity contribution is 7.09. The molecule has 0 aliphatic carbocycles. The second kappa shape index (κ2) is 7.02. The van der Waals surface area contributed by atoms with Gasteiger partial charge in [0, 0.05) is 15.8 Å². The van der Waals surface area contributed by atoms with E-state index in [0.717, 1.165) is 21.6 Å². The maximum absolute atomic E-state index is 13.3. The van der Waals surface area contributed by atoms with Gasteiger partial charge < -0.3 is 13.7 Å². The molecule has 0 radical (unpaired) electrons. The van der Waals surface area contributed by atoms with Crippen LogP contribution >= 0.6 is 22.9 Å². The molecule has 3 heterocycles. The van der Waals surface area contributed by atoms with Gasteiger partial charge in [0.05, 0.1) is 24.4 Å². The first-order chi connectivity index (χ1) is 12.6. The number of carbonyl (C=O) groups excluding carboxylic acids is 1. The lowest BCUT2D eigenvalue weighted by molar-refractivity contribution is 0.0688. The summed E-state index contributed by atoms with van der Waals surface area (Å²) in [6.07, 6.45) is 1.61. The van der Waals surface area contributed by atoms with Crippen molar-refractivity contribution in [2.75, 3.05) is 0 Å². The van der Waals surface area contributed by atoms with Crippen LogP contribution in [-0.2, 0) is 13.1 Å². The quantitative estimate of drug-likeness (QED) is 0.430. The molecular weight excluding hydrogens is 370 g/mol. The fraction of sp³-hybridized carbons (Fsp3) is 0.150. The number of para-hydroxylation sites is 1. The molecule has 3 aromatic heterocycles. The molecule has 4 aromatic rings. The van der Waals surface area contributed by atoms with Crippen LogP contribution in [0.25, 0.3) is 11.0 Å². The number of halogens is 1. The highest BCUT2D eigenvalue weighted by atomic mass is 35.5. The average Bonchev–Trinajstić information content (AvgIpc) is 3.37. The predicted molar refractivity (Wildman–Crippen MR) is 103 cm³/mol. The first-order valence-corrected chi connectivity index (χ1v) is 9.41. The van der Waals surface area contributed by atoms with Crippen LogP contribution < -0.4 is 0 Å². The van der Waals surface area contributed by atoms with E-state index in [0.29, 0.717) is 29.5 Å². The molecule has 1 aromatic carbocycles. The number of fused-ring (bicyclic) bond motifs is 1. The summed E-state index contributed by atoms with van der Waals surface area (Å²) in [6, 6.07) is 13.2. The minimum absolute atomic E-state index is 0.181. The molecule has 4 nitrogen and oxygen atoms in total. The van der Waals surface area contributed by atoms with E-state index in [4.69, 9.17) is 20.4 Å². The summed E-state index contributed by atoms with van der Waals surface area (Å²) in [7, 11) is 0. The van der Waals surface area contributed by atoms with E-state index in [2.05, 4.69) is 0 Å². The summed E-state index contributed by atoms with van der Waals surface area (Å²) >= 11 is 7.84. The Kier molecular flexibility index (Phi) is 4.57. The number of hydrogen-bond acceptors (Lipinski definition) is 4. The number of amides is 1. The van der Waals surface area contributed by atoms with Crippen LogP contribution in [0.4, 0.5) is 0 Å². The number of nitrogens with zero attached hydrogens (tertiary/aromatic N) is 1. The van der Waals surface area contributed by atoms with Crippen molar-refractivity contribution in [3.05, 3.63) is 81.1 Å². The van der Waals surface area contributed by atoms with Crippen LogP contribution in [0.5, 0.6) is 0 Å². The molecule has 0 spiro atoms. The van der Waals surface area contributed by atoms with Gasteiger partial charge in [0.15, 0.2) is 11.3 Å². The number of carbonyl (C=O) groups is 1. The van der Waals surface area contributed by atoms with E-state index in [9.17, 15) is 4.79 Å². The molecule has 0 aliphatic heterocycles. The van der Waals surface area contributed by atoms with Crippen LogP contribution in [0.2, 0.25) is 5.02 Å². The second-order valence-corrected chi connectivity index (χ2v) is 7.43. The molecule has 0 saturated carbocycles. The van der Waals surface area contributed by atoms with Gasteiger partial charge in [0.1, 0.15) is 5.76 Å². The lowest BCUT2D eigenvalue weighted by Crippen LogP contribution is -2.29. The van der Waals surface area contributed by atoms with E-state index < -0.39 is 0 Å². The summed E-state index contributed by atoms with van der Waals surface area (Å²) in [4.78, 5) is 16.1. The second-order valence-electron chi connectivity index (χ2n) is 5.99. The standard InChI is InChI=1S/C20H16ClNO3S/c1-13-16-7-2-8-17(21)19(16)25-18(13)20(23)22(11-14-5-3-9-24-14)12-15-6-4-10-26-15/h2-10H,11-12H2,1H3. The Bertz CT molecular complexity index is 999. The van der Waals surface area contributed by atoms with E-state index in [-0.39, 0.29) is 5.91 Å². The lowest BCUT2D eigenvalue weighted by atomic mass is 10.1. The minimum atomic E-state index is -0.181. The summed E-state index contributed by atoms with van der Waals surface area (Å²) in [5.74, 6) is 0.859. The molecule has 0 bridgehead atoms. The topological polar surface area (TPSA) is 46.6 Å². The van der Waals surface area contributed by atoms with Crippen molar-refractivity contribution in [1.82, 2.24) is 4.90 Å². The van der Waals surface area contributed by atoms with E-state index in [1.807, 2.05) is 48.7 Å². The van der Waals surface area contributed by atoms with Crippen LogP contribution in [0.15, 0.2) is 62.9 Å². The molecule has 6 heteroatoms. The zero-order chi connectivity index (χ0) is 18.1. The molecule has 0 N–H and O–H groups in total. The molecule has 0 saturated heterocycles. The monoisotopic (exact) mass is 385 g/mol. The Balaban J connectivity index is 1.71. The summed E-state index contributed by atoms with van der Waals surface area (Å²) in [5, 5.41) is 3.35. The zero-order valence-electron chi connectivity index (χ0n) is 14.1. The van der Waals surface area contributed by atoms with Crippen LogP contribution in [0.1, 0.15) is 26.8 Å². The van der Waals surface area contributed by atoms with Crippen molar-refractivity contribution in [3.63, 3.8) is 0 Å². The van der Waals surface area contributed by atoms with E-state index >= 15 is 0 Å². The van der Waals surface area contributed by atoms with Crippen molar-refractivity contribution in [1.29, 1.82) is 0 Å². The van der Waals surface area contributed by atoms with Gasteiger partial charge in [0.2, 0.25) is 0 Å². The van der Waals surface area contributed by atoms with Crippen LogP contribution in [0, 0.1) is 6.92 Å². The zero-order valence-corrected chi connectivity index (χ0v) is 15.6. The molecule has 0 unspecified atom stereocenters. The molecule has 4 rings (SSSR count). The average molecular weight is 386 g/mol. The minimum Gasteiger partial charge on any atom is -0.467 e. The number of hydrogen-bond donors (Lipinski definition) is 0. The van der Waals surface area contributed by atoms with Gasteiger partial charge in [-0.05, 0) is 36.6 Å². The number of rotatable bonds is 5. The Morgan fingerprint density at radius 2 is 2.04 bits per heavy atom. The van der Waals surface area contributed by atoms with Crippen molar-refractivity contribution in [2.24, 2.45) is 0 Å². The molecule has 1 amide bonds. The SMILES string of the molecule is Cc1c(C(=O)N(Cc2ccco2)Cc2cccs2)oc2c(Cl)cccc12. The van der Waals surface area contributed by atoms with Crippen molar-refractivity contribution >= 4 is 39.8 Å². The van der Waals surface area contributed by atoms with Crippen molar-refractivity contribution in [2.45, 2.75) is 20.0 Å².